The Balaban J connectivity index is 1.80. The molecule has 2 rings (SSSR count). The van der Waals surface area contributed by atoms with Gasteiger partial charge in [0.1, 0.15) is 0 Å². The number of hydrogen-bond donors (Lipinski definition) is 1. The minimum atomic E-state index is 0.785. The maximum absolute atomic E-state index is 5.30. The topological polar surface area (TPSA) is 39.1 Å². The van der Waals surface area contributed by atoms with Crippen LogP contribution in [0.25, 0.3) is 0 Å². The molecule has 0 spiro atoms. The van der Waals surface area contributed by atoms with Gasteiger partial charge in [0.05, 0.1) is 6.54 Å². The molecular formula is C13H19N3OS. The lowest BCUT2D eigenvalue weighted by atomic mass is 10.3. The highest BCUT2D eigenvalue weighted by Crippen LogP contribution is 2.12. The zero-order chi connectivity index (χ0) is 12.6. The van der Waals surface area contributed by atoms with E-state index < -0.39 is 0 Å². The smallest absolute Gasteiger partial charge is 0.203 e. The summed E-state index contributed by atoms with van der Waals surface area (Å²) in [5, 5.41) is 7.60. The Morgan fingerprint density at radius 2 is 2.44 bits per heavy atom. The van der Waals surface area contributed by atoms with Gasteiger partial charge in [-0.15, -0.1) is 0 Å². The summed E-state index contributed by atoms with van der Waals surface area (Å²) in [6, 6.07) is 2.14. The van der Waals surface area contributed by atoms with Crippen molar-refractivity contribution in [3.63, 3.8) is 0 Å². The molecule has 0 saturated heterocycles. The zero-order valence-electron chi connectivity index (χ0n) is 10.6. The molecule has 2 aromatic heterocycles. The Labute approximate surface area is 112 Å². The average molecular weight is 265 g/mol. The van der Waals surface area contributed by atoms with Crippen molar-refractivity contribution in [2.45, 2.75) is 19.9 Å². The normalized spacial score (nSPS) is 10.7. The van der Waals surface area contributed by atoms with Crippen LogP contribution in [0.1, 0.15) is 18.9 Å². The van der Waals surface area contributed by atoms with Crippen LogP contribution in [-0.4, -0.2) is 29.3 Å². The van der Waals surface area contributed by atoms with Crippen LogP contribution in [0.4, 0.5) is 5.95 Å². The standard InChI is InChI=1S/C13H19N3OS/c1-2-17-8-3-5-14-13-15-6-7-16(13)10-12-4-9-18-11-12/h4,6-7,9,11H,2-3,5,8,10H2,1H3,(H,14,15). The second-order valence-electron chi connectivity index (χ2n) is 3.99. The van der Waals surface area contributed by atoms with Gasteiger partial charge in [0.25, 0.3) is 0 Å². The second kappa shape index (κ2) is 7.18. The number of anilines is 1. The molecule has 0 saturated carbocycles. The number of ether oxygens (including phenoxy) is 1. The first-order valence-corrected chi connectivity index (χ1v) is 7.18. The van der Waals surface area contributed by atoms with E-state index in [-0.39, 0.29) is 0 Å². The summed E-state index contributed by atoms with van der Waals surface area (Å²) < 4.78 is 7.43. The Bertz CT molecular complexity index is 439. The van der Waals surface area contributed by atoms with Crippen molar-refractivity contribution in [1.29, 1.82) is 0 Å². The molecule has 0 aromatic carbocycles. The largest absolute Gasteiger partial charge is 0.382 e. The molecule has 2 heterocycles. The maximum atomic E-state index is 5.30. The number of nitrogens with zero attached hydrogens (tertiary/aromatic N) is 2. The van der Waals surface area contributed by atoms with Crippen molar-refractivity contribution in [1.82, 2.24) is 9.55 Å². The number of aromatic nitrogens is 2. The van der Waals surface area contributed by atoms with E-state index in [2.05, 4.69) is 31.7 Å². The van der Waals surface area contributed by atoms with Crippen molar-refractivity contribution < 1.29 is 4.74 Å². The molecular weight excluding hydrogens is 246 g/mol. The van der Waals surface area contributed by atoms with Gasteiger partial charge < -0.3 is 14.6 Å². The third-order valence-electron chi connectivity index (χ3n) is 2.60. The van der Waals surface area contributed by atoms with Gasteiger partial charge in [-0.2, -0.15) is 11.3 Å². The number of thiophene rings is 1. The molecule has 5 heteroatoms. The van der Waals surface area contributed by atoms with Crippen LogP contribution in [0, 0.1) is 0 Å². The van der Waals surface area contributed by atoms with Gasteiger partial charge in [-0.1, -0.05) is 0 Å². The molecule has 0 bridgehead atoms. The summed E-state index contributed by atoms with van der Waals surface area (Å²) >= 11 is 1.72. The molecule has 1 N–H and O–H groups in total. The highest BCUT2D eigenvalue weighted by molar-refractivity contribution is 7.07. The van der Waals surface area contributed by atoms with E-state index in [4.69, 9.17) is 4.74 Å². The van der Waals surface area contributed by atoms with Crippen LogP contribution < -0.4 is 5.32 Å². The summed E-state index contributed by atoms with van der Waals surface area (Å²) in [5.41, 5.74) is 1.32. The van der Waals surface area contributed by atoms with Crippen molar-refractivity contribution in [2.24, 2.45) is 0 Å². The molecule has 4 nitrogen and oxygen atoms in total. The number of hydrogen-bond acceptors (Lipinski definition) is 4. The van der Waals surface area contributed by atoms with Crippen LogP contribution in [-0.2, 0) is 11.3 Å². The first-order valence-electron chi connectivity index (χ1n) is 6.24. The third kappa shape index (κ3) is 3.85. The Morgan fingerprint density at radius 3 is 3.22 bits per heavy atom. The minimum absolute atomic E-state index is 0.785. The molecule has 0 aliphatic carbocycles. The van der Waals surface area contributed by atoms with Crippen LogP contribution in [0.2, 0.25) is 0 Å². The van der Waals surface area contributed by atoms with Crippen molar-refractivity contribution in [3.05, 3.63) is 34.8 Å². The Kier molecular flexibility index (Phi) is 5.23. The lowest BCUT2D eigenvalue weighted by molar-refractivity contribution is 0.147. The van der Waals surface area contributed by atoms with Crippen molar-refractivity contribution >= 4 is 17.3 Å². The molecule has 0 unspecified atom stereocenters. The Hall–Kier alpha value is -1.33. The lowest BCUT2D eigenvalue weighted by Crippen LogP contribution is -2.11. The first kappa shape index (κ1) is 13.1. The van der Waals surface area contributed by atoms with E-state index in [0.717, 1.165) is 38.7 Å². The fraction of sp³-hybridized carbons (Fsp3) is 0.462. The molecule has 18 heavy (non-hydrogen) atoms. The number of rotatable bonds is 8. The fourth-order valence-electron chi connectivity index (χ4n) is 1.70. The van der Waals surface area contributed by atoms with E-state index in [0.29, 0.717) is 0 Å². The van der Waals surface area contributed by atoms with Crippen LogP contribution in [0.15, 0.2) is 29.2 Å². The van der Waals surface area contributed by atoms with E-state index in [9.17, 15) is 0 Å². The molecule has 2 aromatic rings. The second-order valence-corrected chi connectivity index (χ2v) is 4.77. The molecule has 98 valence electrons. The highest BCUT2D eigenvalue weighted by Gasteiger charge is 2.02. The molecule has 0 fully saturated rings. The molecule has 0 amide bonds. The summed E-state index contributed by atoms with van der Waals surface area (Å²) in [5.74, 6) is 0.928. The summed E-state index contributed by atoms with van der Waals surface area (Å²) in [6.45, 7) is 5.36. The average Bonchev–Trinajstić information content (AvgIpc) is 3.02. The first-order chi connectivity index (χ1) is 8.90. The summed E-state index contributed by atoms with van der Waals surface area (Å²) in [6.07, 6.45) is 4.83. The molecule has 0 atom stereocenters. The van der Waals surface area contributed by atoms with E-state index in [1.807, 2.05) is 19.3 Å². The summed E-state index contributed by atoms with van der Waals surface area (Å²) in [4.78, 5) is 4.33. The van der Waals surface area contributed by atoms with Gasteiger partial charge in [0, 0.05) is 32.2 Å². The number of imidazole rings is 1. The van der Waals surface area contributed by atoms with Crippen LogP contribution >= 0.6 is 11.3 Å². The summed E-state index contributed by atoms with van der Waals surface area (Å²) in [7, 11) is 0. The monoisotopic (exact) mass is 265 g/mol. The van der Waals surface area contributed by atoms with Gasteiger partial charge in [-0.25, -0.2) is 4.98 Å². The predicted molar refractivity (Wildman–Crippen MR) is 75.2 cm³/mol. The van der Waals surface area contributed by atoms with Gasteiger partial charge in [-0.05, 0) is 35.7 Å². The fourth-order valence-corrected chi connectivity index (χ4v) is 2.36. The third-order valence-corrected chi connectivity index (χ3v) is 3.33. The van der Waals surface area contributed by atoms with Gasteiger partial charge in [-0.3, -0.25) is 0 Å². The van der Waals surface area contributed by atoms with Crippen molar-refractivity contribution in [3.8, 4) is 0 Å². The van der Waals surface area contributed by atoms with Crippen LogP contribution in [0.5, 0.6) is 0 Å². The van der Waals surface area contributed by atoms with E-state index in [1.165, 1.54) is 5.56 Å². The SMILES string of the molecule is CCOCCCNc1nccn1Cc1ccsc1. The Morgan fingerprint density at radius 1 is 1.50 bits per heavy atom. The quantitative estimate of drug-likeness (QED) is 0.746. The zero-order valence-corrected chi connectivity index (χ0v) is 11.4. The molecule has 0 aliphatic heterocycles. The molecule has 0 radical (unpaired) electrons. The maximum Gasteiger partial charge on any atom is 0.203 e. The number of nitrogens with one attached hydrogen (secondary N) is 1. The highest BCUT2D eigenvalue weighted by atomic mass is 32.1. The van der Waals surface area contributed by atoms with E-state index >= 15 is 0 Å². The van der Waals surface area contributed by atoms with Crippen LogP contribution in [0.3, 0.4) is 0 Å². The van der Waals surface area contributed by atoms with Gasteiger partial charge in [0.15, 0.2) is 0 Å². The predicted octanol–water partition coefficient (Wildman–Crippen LogP) is 2.83. The van der Waals surface area contributed by atoms with E-state index in [1.54, 1.807) is 11.3 Å². The lowest BCUT2D eigenvalue weighted by Gasteiger charge is -2.09. The van der Waals surface area contributed by atoms with Gasteiger partial charge in [0.2, 0.25) is 5.95 Å². The minimum Gasteiger partial charge on any atom is -0.382 e. The molecule has 0 aliphatic rings. The van der Waals surface area contributed by atoms with Crippen molar-refractivity contribution in [2.75, 3.05) is 25.1 Å². The van der Waals surface area contributed by atoms with Gasteiger partial charge >= 0.3 is 0 Å².